The predicted molar refractivity (Wildman–Crippen MR) is 119 cm³/mol. The van der Waals surface area contributed by atoms with E-state index >= 15 is 0 Å². The van der Waals surface area contributed by atoms with E-state index in [2.05, 4.69) is 51.7 Å². The van der Waals surface area contributed by atoms with E-state index in [0.29, 0.717) is 23.1 Å². The van der Waals surface area contributed by atoms with Crippen molar-refractivity contribution in [2.24, 2.45) is 4.99 Å². The first-order valence-corrected chi connectivity index (χ1v) is 10.6. The van der Waals surface area contributed by atoms with Crippen LogP contribution in [0.25, 0.3) is 0 Å². The molecule has 0 unspecified atom stereocenters. The van der Waals surface area contributed by atoms with Gasteiger partial charge in [-0.3, -0.25) is 4.90 Å². The zero-order valence-corrected chi connectivity index (χ0v) is 17.8. The minimum absolute atomic E-state index is 0.197. The number of hydrogen-bond acceptors (Lipinski definition) is 3. The molecule has 1 saturated heterocycles. The fourth-order valence-corrected chi connectivity index (χ4v) is 3.75. The Hall–Kier alpha value is -2.91. The van der Waals surface area contributed by atoms with Gasteiger partial charge in [-0.1, -0.05) is 29.8 Å². The van der Waals surface area contributed by atoms with Crippen LogP contribution in [-0.4, -0.2) is 36.5 Å². The van der Waals surface area contributed by atoms with Gasteiger partial charge in [0.25, 0.3) is 0 Å². The average molecular weight is 408 g/mol. The minimum atomic E-state index is -0.335. The van der Waals surface area contributed by atoms with Gasteiger partial charge in [0, 0.05) is 37.8 Å². The molecular weight excluding hydrogens is 377 g/mol. The van der Waals surface area contributed by atoms with Crippen LogP contribution >= 0.6 is 0 Å². The highest BCUT2D eigenvalue weighted by Gasteiger charge is 2.20. The molecule has 1 fully saturated rings. The summed E-state index contributed by atoms with van der Waals surface area (Å²) < 4.78 is 14.0. The van der Waals surface area contributed by atoms with Crippen LogP contribution in [0.3, 0.4) is 0 Å². The van der Waals surface area contributed by atoms with Gasteiger partial charge >= 0.3 is 0 Å². The molecule has 30 heavy (non-hydrogen) atoms. The highest BCUT2D eigenvalue weighted by atomic mass is 19.1. The summed E-state index contributed by atoms with van der Waals surface area (Å²) in [6, 6.07) is 15.4. The zero-order valence-electron chi connectivity index (χ0n) is 17.8. The fourth-order valence-electron chi connectivity index (χ4n) is 3.75. The molecule has 6 heteroatoms. The monoisotopic (exact) mass is 407 g/mol. The zero-order chi connectivity index (χ0) is 21.3. The third-order valence-electron chi connectivity index (χ3n) is 5.34. The molecule has 0 aromatic heterocycles. The summed E-state index contributed by atoms with van der Waals surface area (Å²) in [5.41, 5.74) is 3.53. The van der Waals surface area contributed by atoms with E-state index in [0.717, 1.165) is 39.0 Å². The van der Waals surface area contributed by atoms with E-state index in [1.165, 1.54) is 23.3 Å². The Labute approximate surface area is 178 Å². The van der Waals surface area contributed by atoms with Crippen molar-refractivity contribution in [1.29, 1.82) is 5.26 Å². The summed E-state index contributed by atoms with van der Waals surface area (Å²) in [6.45, 7) is 8.12. The third kappa shape index (κ3) is 6.30. The summed E-state index contributed by atoms with van der Waals surface area (Å²) in [5.74, 6) is 0.356. The number of aryl methyl sites for hydroxylation is 1. The van der Waals surface area contributed by atoms with Gasteiger partial charge < -0.3 is 10.6 Å². The largest absolute Gasteiger partial charge is 0.357 e. The maximum Gasteiger partial charge on any atom is 0.191 e. The number of rotatable bonds is 6. The highest BCUT2D eigenvalue weighted by molar-refractivity contribution is 5.80. The third-order valence-corrected chi connectivity index (χ3v) is 5.34. The summed E-state index contributed by atoms with van der Waals surface area (Å²) in [7, 11) is 0. The molecule has 0 aliphatic carbocycles. The summed E-state index contributed by atoms with van der Waals surface area (Å²) in [4.78, 5) is 7.03. The summed E-state index contributed by atoms with van der Waals surface area (Å²) in [5, 5.41) is 15.8. The first-order chi connectivity index (χ1) is 14.6. The number of guanidine groups is 1. The Kier molecular flexibility index (Phi) is 7.81. The Morgan fingerprint density at radius 1 is 1.23 bits per heavy atom. The molecule has 0 radical (unpaired) electrons. The molecule has 2 N–H and O–H groups in total. The Morgan fingerprint density at radius 2 is 2.03 bits per heavy atom. The molecule has 0 spiro atoms. The topological polar surface area (TPSA) is 63.5 Å². The molecule has 158 valence electrons. The maximum absolute atomic E-state index is 14.0. The van der Waals surface area contributed by atoms with Gasteiger partial charge in [0.2, 0.25) is 0 Å². The second-order valence-electron chi connectivity index (χ2n) is 7.80. The predicted octanol–water partition coefficient (Wildman–Crippen LogP) is 3.73. The van der Waals surface area contributed by atoms with Crippen molar-refractivity contribution < 1.29 is 4.39 Å². The first kappa shape index (κ1) is 21.8. The lowest BCUT2D eigenvalue weighted by Crippen LogP contribution is -2.48. The fraction of sp³-hybridized carbons (Fsp3) is 0.417. The van der Waals surface area contributed by atoms with Crippen molar-refractivity contribution in [2.75, 3.05) is 19.6 Å². The van der Waals surface area contributed by atoms with Crippen LogP contribution in [0.4, 0.5) is 4.39 Å². The molecule has 5 nitrogen and oxygen atoms in total. The van der Waals surface area contributed by atoms with E-state index in [-0.39, 0.29) is 12.4 Å². The lowest BCUT2D eigenvalue weighted by molar-refractivity contribution is 0.198. The average Bonchev–Trinajstić information content (AvgIpc) is 2.74. The SMILES string of the molecule is CCNC(=NCc1cc(C#N)ccc1F)NC1CCN(Cc2cccc(C)c2)CC1. The number of nitrogens with one attached hydrogen (secondary N) is 2. The molecule has 1 aliphatic heterocycles. The Morgan fingerprint density at radius 3 is 2.73 bits per heavy atom. The van der Waals surface area contributed by atoms with E-state index in [4.69, 9.17) is 5.26 Å². The quantitative estimate of drug-likeness (QED) is 0.566. The second-order valence-corrected chi connectivity index (χ2v) is 7.80. The molecule has 2 aromatic carbocycles. The van der Waals surface area contributed by atoms with Gasteiger partial charge in [-0.2, -0.15) is 5.26 Å². The van der Waals surface area contributed by atoms with Gasteiger partial charge in [0.05, 0.1) is 18.2 Å². The van der Waals surface area contributed by atoms with Gasteiger partial charge in [-0.15, -0.1) is 0 Å². The van der Waals surface area contributed by atoms with Gasteiger partial charge in [0.15, 0.2) is 5.96 Å². The second kappa shape index (κ2) is 10.7. The molecule has 0 bridgehead atoms. The van der Waals surface area contributed by atoms with E-state index in [1.807, 2.05) is 13.0 Å². The Balaban J connectivity index is 1.54. The van der Waals surface area contributed by atoms with Crippen molar-refractivity contribution in [3.05, 3.63) is 70.5 Å². The van der Waals surface area contributed by atoms with Gasteiger partial charge in [-0.25, -0.2) is 9.38 Å². The van der Waals surface area contributed by atoms with Crippen LogP contribution < -0.4 is 10.6 Å². The van der Waals surface area contributed by atoms with Crippen LogP contribution in [0.1, 0.15) is 42.0 Å². The van der Waals surface area contributed by atoms with Crippen molar-refractivity contribution in [2.45, 2.75) is 45.8 Å². The minimum Gasteiger partial charge on any atom is -0.357 e. The highest BCUT2D eigenvalue weighted by Crippen LogP contribution is 2.15. The van der Waals surface area contributed by atoms with Crippen molar-refractivity contribution >= 4 is 5.96 Å². The first-order valence-electron chi connectivity index (χ1n) is 10.6. The van der Waals surface area contributed by atoms with Crippen LogP contribution in [0.2, 0.25) is 0 Å². The number of benzene rings is 2. The maximum atomic E-state index is 14.0. The normalized spacial score (nSPS) is 15.6. The van der Waals surface area contributed by atoms with Crippen LogP contribution in [0.5, 0.6) is 0 Å². The molecule has 0 saturated carbocycles. The van der Waals surface area contributed by atoms with E-state index in [1.54, 1.807) is 6.07 Å². The van der Waals surface area contributed by atoms with E-state index in [9.17, 15) is 4.39 Å². The lowest BCUT2D eigenvalue weighted by Gasteiger charge is -2.33. The van der Waals surface area contributed by atoms with Crippen molar-refractivity contribution in [3.63, 3.8) is 0 Å². The van der Waals surface area contributed by atoms with Crippen LogP contribution in [0.15, 0.2) is 47.5 Å². The van der Waals surface area contributed by atoms with Crippen LogP contribution in [0, 0.1) is 24.1 Å². The number of piperidine rings is 1. The molecule has 3 rings (SSSR count). The van der Waals surface area contributed by atoms with Crippen LogP contribution in [-0.2, 0) is 13.1 Å². The molecule has 2 aromatic rings. The standard InChI is InChI=1S/C24H30FN5/c1-3-27-24(28-16-21-14-19(15-26)7-8-23(21)25)29-22-9-11-30(12-10-22)17-20-6-4-5-18(2)13-20/h4-8,13-14,22H,3,9-12,16-17H2,1-2H3,(H2,27,28,29). The number of nitriles is 1. The molecular formula is C24H30FN5. The number of likely N-dealkylation sites (tertiary alicyclic amines) is 1. The number of aliphatic imine (C=N–C) groups is 1. The Bertz CT molecular complexity index is 910. The smallest absolute Gasteiger partial charge is 0.191 e. The number of nitrogens with zero attached hydrogens (tertiary/aromatic N) is 3. The van der Waals surface area contributed by atoms with E-state index < -0.39 is 0 Å². The lowest BCUT2D eigenvalue weighted by atomic mass is 10.0. The summed E-state index contributed by atoms with van der Waals surface area (Å²) in [6.07, 6.45) is 2.07. The number of halogens is 1. The van der Waals surface area contributed by atoms with Gasteiger partial charge in [0.1, 0.15) is 5.82 Å². The molecule has 0 atom stereocenters. The number of hydrogen-bond donors (Lipinski definition) is 2. The molecule has 1 aliphatic rings. The van der Waals surface area contributed by atoms with Crippen molar-refractivity contribution in [1.82, 2.24) is 15.5 Å². The van der Waals surface area contributed by atoms with Crippen molar-refractivity contribution in [3.8, 4) is 6.07 Å². The molecule has 0 amide bonds. The summed E-state index contributed by atoms with van der Waals surface area (Å²) >= 11 is 0. The molecule has 1 heterocycles. The van der Waals surface area contributed by atoms with Gasteiger partial charge in [-0.05, 0) is 50.5 Å².